The van der Waals surface area contributed by atoms with Gasteiger partial charge in [-0.15, -0.1) is 11.3 Å². The largest absolute Gasteiger partial charge is 0.481 e. The number of fused-ring (bicyclic) bond motifs is 1. The molecular formula is C20H15ClO3S2. The number of rotatable bonds is 4. The molecule has 0 amide bonds. The number of para-hydroxylation sites is 1. The second kappa shape index (κ2) is 8.50. The minimum absolute atomic E-state index is 0.152. The minimum atomic E-state index is -1.36. The fraction of sp³-hybridized carbons (Fsp3) is 0.150. The molecule has 0 spiro atoms. The first-order valence-electron chi connectivity index (χ1n) is 7.80. The van der Waals surface area contributed by atoms with Crippen LogP contribution < -0.4 is 10.2 Å². The summed E-state index contributed by atoms with van der Waals surface area (Å²) in [7, 11) is -1.36. The van der Waals surface area contributed by atoms with Crippen molar-refractivity contribution in [3.05, 3.63) is 69.3 Å². The Bertz CT molecular complexity index is 1090. The normalized spacial score (nSPS) is 11.6. The average Bonchev–Trinajstić information content (AvgIpc) is 2.62. The van der Waals surface area contributed by atoms with E-state index in [0.717, 1.165) is 16.0 Å². The van der Waals surface area contributed by atoms with Gasteiger partial charge in [0.15, 0.2) is 5.43 Å². The van der Waals surface area contributed by atoms with Crippen molar-refractivity contribution in [3.8, 4) is 17.6 Å². The average molecular weight is 403 g/mol. The van der Waals surface area contributed by atoms with Crippen LogP contribution in [0.5, 0.6) is 5.75 Å². The highest BCUT2D eigenvalue weighted by Gasteiger charge is 2.08. The molecule has 0 saturated carbocycles. The zero-order valence-electron chi connectivity index (χ0n) is 14.0. The fourth-order valence-corrected chi connectivity index (χ4v) is 4.81. The van der Waals surface area contributed by atoms with Gasteiger partial charge >= 0.3 is 0 Å². The van der Waals surface area contributed by atoms with Crippen LogP contribution in [0.15, 0.2) is 57.5 Å². The second-order valence-corrected chi connectivity index (χ2v) is 8.67. The van der Waals surface area contributed by atoms with E-state index < -0.39 is 10.8 Å². The van der Waals surface area contributed by atoms with Gasteiger partial charge in [-0.2, -0.15) is 0 Å². The molecule has 0 saturated heterocycles. The molecule has 2 aromatic carbocycles. The zero-order chi connectivity index (χ0) is 18.5. The quantitative estimate of drug-likeness (QED) is 0.607. The van der Waals surface area contributed by atoms with Crippen LogP contribution in [0.2, 0.25) is 5.02 Å². The molecule has 3 rings (SSSR count). The Kier molecular flexibility index (Phi) is 6.10. The van der Waals surface area contributed by atoms with E-state index in [-0.39, 0.29) is 17.8 Å². The van der Waals surface area contributed by atoms with Crippen molar-refractivity contribution < 1.29 is 8.95 Å². The van der Waals surface area contributed by atoms with E-state index in [1.807, 2.05) is 31.2 Å². The summed E-state index contributed by atoms with van der Waals surface area (Å²) in [6, 6.07) is 14.2. The zero-order valence-corrected chi connectivity index (χ0v) is 16.3. The Morgan fingerprint density at radius 1 is 1.15 bits per heavy atom. The maximum absolute atomic E-state index is 12.4. The second-order valence-electron chi connectivity index (χ2n) is 5.47. The number of hydrogen-bond donors (Lipinski definition) is 0. The van der Waals surface area contributed by atoms with Gasteiger partial charge < -0.3 is 4.74 Å². The summed E-state index contributed by atoms with van der Waals surface area (Å²) in [5.41, 5.74) is 0.882. The Hall–Kier alpha value is -2.13. The molecule has 1 unspecified atom stereocenters. The van der Waals surface area contributed by atoms with Crippen LogP contribution >= 0.6 is 22.9 Å². The SMILES string of the molecule is Cc1ccccc1OCC#CCS(=O)c1cc(=O)c2ccc(Cl)cc2s1. The first-order valence-corrected chi connectivity index (χ1v) is 10.3. The molecule has 1 heterocycles. The standard InChI is InChI=1S/C20H15ClO3S2/c1-14-6-2-3-7-18(14)24-10-4-5-11-26(23)20-13-17(22)16-9-8-15(21)12-19(16)25-20/h2-3,6-9,12-13H,10-11H2,1H3. The molecular weight excluding hydrogens is 388 g/mol. The highest BCUT2D eigenvalue weighted by Crippen LogP contribution is 2.24. The van der Waals surface area contributed by atoms with Gasteiger partial charge in [0.05, 0.1) is 20.8 Å². The van der Waals surface area contributed by atoms with Crippen molar-refractivity contribution >= 4 is 43.8 Å². The van der Waals surface area contributed by atoms with E-state index in [0.29, 0.717) is 14.6 Å². The van der Waals surface area contributed by atoms with Gasteiger partial charge in [0.2, 0.25) is 0 Å². The predicted octanol–water partition coefficient (Wildman–Crippen LogP) is 4.41. The third-order valence-corrected chi connectivity index (χ3v) is 6.51. The van der Waals surface area contributed by atoms with E-state index in [2.05, 4.69) is 11.8 Å². The summed E-state index contributed by atoms with van der Waals surface area (Å²) in [6.45, 7) is 2.19. The number of halogens is 1. The van der Waals surface area contributed by atoms with Crippen molar-refractivity contribution in [2.75, 3.05) is 12.4 Å². The topological polar surface area (TPSA) is 43.4 Å². The van der Waals surface area contributed by atoms with Crippen LogP contribution in [0.3, 0.4) is 0 Å². The number of aryl methyl sites for hydroxylation is 1. The number of hydrogen-bond acceptors (Lipinski definition) is 4. The lowest BCUT2D eigenvalue weighted by Gasteiger charge is -2.04. The molecule has 0 aliphatic heterocycles. The Morgan fingerprint density at radius 2 is 1.96 bits per heavy atom. The first-order chi connectivity index (χ1) is 12.5. The Labute approximate surface area is 163 Å². The van der Waals surface area contributed by atoms with E-state index in [9.17, 15) is 9.00 Å². The Morgan fingerprint density at radius 3 is 2.77 bits per heavy atom. The van der Waals surface area contributed by atoms with Crippen LogP contribution in [-0.2, 0) is 10.8 Å². The molecule has 1 aromatic heterocycles. The van der Waals surface area contributed by atoms with Gasteiger partial charge in [-0.05, 0) is 36.8 Å². The summed E-state index contributed by atoms with van der Waals surface area (Å²) in [5.74, 6) is 6.66. The molecule has 26 heavy (non-hydrogen) atoms. The van der Waals surface area contributed by atoms with Crippen LogP contribution in [0.1, 0.15) is 5.56 Å². The predicted molar refractivity (Wildman–Crippen MR) is 109 cm³/mol. The van der Waals surface area contributed by atoms with Crippen LogP contribution in [0, 0.1) is 18.8 Å². The molecule has 3 nitrogen and oxygen atoms in total. The van der Waals surface area contributed by atoms with E-state index in [4.69, 9.17) is 16.3 Å². The van der Waals surface area contributed by atoms with Gasteiger partial charge in [0, 0.05) is 21.2 Å². The van der Waals surface area contributed by atoms with Crippen LogP contribution in [0.4, 0.5) is 0 Å². The fourth-order valence-electron chi connectivity index (χ4n) is 2.29. The molecule has 0 aliphatic rings. The maximum Gasteiger partial charge on any atom is 0.189 e. The smallest absolute Gasteiger partial charge is 0.189 e. The first kappa shape index (κ1) is 18.7. The van der Waals surface area contributed by atoms with E-state index in [1.54, 1.807) is 18.2 Å². The lowest BCUT2D eigenvalue weighted by Crippen LogP contribution is -2.03. The summed E-state index contributed by atoms with van der Waals surface area (Å²) >= 11 is 7.28. The third kappa shape index (κ3) is 4.53. The molecule has 6 heteroatoms. The molecule has 0 radical (unpaired) electrons. The minimum Gasteiger partial charge on any atom is -0.481 e. The summed E-state index contributed by atoms with van der Waals surface area (Å²) in [4.78, 5) is 12.2. The van der Waals surface area contributed by atoms with Gasteiger partial charge in [0.1, 0.15) is 12.4 Å². The monoisotopic (exact) mass is 402 g/mol. The summed E-state index contributed by atoms with van der Waals surface area (Å²) in [6.07, 6.45) is 0. The van der Waals surface area contributed by atoms with Crippen LogP contribution in [0.25, 0.3) is 10.1 Å². The number of benzene rings is 2. The van der Waals surface area contributed by atoms with Gasteiger partial charge in [-0.1, -0.05) is 41.6 Å². The van der Waals surface area contributed by atoms with Gasteiger partial charge in [-0.25, -0.2) is 0 Å². The summed E-state index contributed by atoms with van der Waals surface area (Å²) in [5, 5.41) is 1.13. The van der Waals surface area contributed by atoms with E-state index >= 15 is 0 Å². The van der Waals surface area contributed by atoms with Crippen LogP contribution in [-0.4, -0.2) is 16.6 Å². The van der Waals surface area contributed by atoms with Gasteiger partial charge in [0.25, 0.3) is 0 Å². The lowest BCUT2D eigenvalue weighted by molar-refractivity contribution is 0.367. The highest BCUT2D eigenvalue weighted by atomic mass is 35.5. The molecule has 0 N–H and O–H groups in total. The maximum atomic E-state index is 12.4. The molecule has 0 fully saturated rings. The van der Waals surface area contributed by atoms with Crippen molar-refractivity contribution in [1.29, 1.82) is 0 Å². The summed E-state index contributed by atoms with van der Waals surface area (Å²) < 4.78 is 19.2. The van der Waals surface area contributed by atoms with Crippen molar-refractivity contribution in [2.45, 2.75) is 11.1 Å². The third-order valence-electron chi connectivity index (χ3n) is 3.61. The molecule has 3 aromatic rings. The Balaban J connectivity index is 1.67. The molecule has 0 aliphatic carbocycles. The highest BCUT2D eigenvalue weighted by molar-refractivity contribution is 7.87. The van der Waals surface area contributed by atoms with Crippen molar-refractivity contribution in [1.82, 2.24) is 0 Å². The molecule has 132 valence electrons. The van der Waals surface area contributed by atoms with Crippen molar-refractivity contribution in [3.63, 3.8) is 0 Å². The van der Waals surface area contributed by atoms with Gasteiger partial charge in [-0.3, -0.25) is 9.00 Å². The molecule has 0 bridgehead atoms. The molecule has 1 atom stereocenters. The van der Waals surface area contributed by atoms with Crippen molar-refractivity contribution in [2.24, 2.45) is 0 Å². The van der Waals surface area contributed by atoms with E-state index in [1.165, 1.54) is 17.4 Å². The lowest BCUT2D eigenvalue weighted by atomic mass is 10.2. The number of ether oxygens (including phenoxy) is 1.